The molecule has 1 fully saturated rings. The molecule has 3 rings (SSSR count). The van der Waals surface area contributed by atoms with E-state index in [1.165, 1.54) is 0 Å². The number of rotatable bonds is 3. The molecule has 22 heavy (non-hydrogen) atoms. The number of nitrogens with one attached hydrogen (secondary N) is 1. The van der Waals surface area contributed by atoms with Crippen LogP contribution in [0.25, 0.3) is 0 Å². The van der Waals surface area contributed by atoms with Gasteiger partial charge in [-0.05, 0) is 48.0 Å². The van der Waals surface area contributed by atoms with Gasteiger partial charge in [-0.3, -0.25) is 4.79 Å². The summed E-state index contributed by atoms with van der Waals surface area (Å²) in [5, 5.41) is 3.16. The Morgan fingerprint density at radius 2 is 2.18 bits per heavy atom. The topological polar surface area (TPSA) is 50.8 Å². The number of carbonyl (C=O) groups excluding carboxylic acids is 1. The number of likely N-dealkylation sites (tertiary alicyclic amines) is 1. The first-order valence-electron chi connectivity index (χ1n) is 7.25. The Bertz CT molecular complexity index is 556. The predicted octanol–water partition coefficient (Wildman–Crippen LogP) is 2.47. The smallest absolute Gasteiger partial charge is 0.254 e. The Balaban J connectivity index is 0.00000176. The molecule has 0 aliphatic carbocycles. The summed E-state index contributed by atoms with van der Waals surface area (Å²) < 4.78 is 11.9. The summed E-state index contributed by atoms with van der Waals surface area (Å²) in [5.41, 5.74) is 0.647. The lowest BCUT2D eigenvalue weighted by atomic mass is 10.1. The second kappa shape index (κ2) is 7.53. The van der Waals surface area contributed by atoms with Crippen LogP contribution < -0.4 is 14.8 Å². The molecule has 1 amide bonds. The molecule has 122 valence electrons. The van der Waals surface area contributed by atoms with Crippen molar-refractivity contribution in [2.75, 3.05) is 33.4 Å². The van der Waals surface area contributed by atoms with E-state index in [1.54, 1.807) is 6.07 Å². The SMILES string of the molecule is CNCC1CCCN1C(=O)c1cc(Br)c2c(c1)OCCO2.Cl. The molecule has 2 aliphatic heterocycles. The van der Waals surface area contributed by atoms with E-state index in [2.05, 4.69) is 21.2 Å². The number of likely N-dealkylation sites (N-methyl/N-ethyl adjacent to an activating group) is 1. The number of hydrogen-bond donors (Lipinski definition) is 1. The molecule has 1 aromatic carbocycles. The third kappa shape index (κ3) is 3.34. The van der Waals surface area contributed by atoms with Crippen molar-refractivity contribution >= 4 is 34.2 Å². The average molecular weight is 392 g/mol. The fraction of sp³-hybridized carbons (Fsp3) is 0.533. The first-order chi connectivity index (χ1) is 10.2. The largest absolute Gasteiger partial charge is 0.486 e. The Labute approximate surface area is 144 Å². The molecule has 5 nitrogen and oxygen atoms in total. The number of hydrogen-bond acceptors (Lipinski definition) is 4. The zero-order valence-corrected chi connectivity index (χ0v) is 14.8. The third-order valence-corrected chi connectivity index (χ3v) is 4.51. The summed E-state index contributed by atoms with van der Waals surface area (Å²) in [6, 6.07) is 3.88. The van der Waals surface area contributed by atoms with Crippen molar-refractivity contribution in [1.82, 2.24) is 10.2 Å². The van der Waals surface area contributed by atoms with E-state index in [0.29, 0.717) is 30.3 Å². The van der Waals surface area contributed by atoms with Gasteiger partial charge in [-0.15, -0.1) is 12.4 Å². The van der Waals surface area contributed by atoms with Gasteiger partial charge in [0.1, 0.15) is 13.2 Å². The van der Waals surface area contributed by atoms with Crippen molar-refractivity contribution in [2.24, 2.45) is 0 Å². The van der Waals surface area contributed by atoms with E-state index in [9.17, 15) is 4.79 Å². The number of ether oxygens (including phenoxy) is 2. The van der Waals surface area contributed by atoms with Crippen LogP contribution in [-0.4, -0.2) is 50.2 Å². The van der Waals surface area contributed by atoms with Crippen LogP contribution >= 0.6 is 28.3 Å². The quantitative estimate of drug-likeness (QED) is 0.860. The van der Waals surface area contributed by atoms with Crippen LogP contribution in [0, 0.1) is 0 Å². The van der Waals surface area contributed by atoms with E-state index in [1.807, 2.05) is 18.0 Å². The van der Waals surface area contributed by atoms with Crippen molar-refractivity contribution in [3.8, 4) is 11.5 Å². The number of halogens is 2. The number of benzene rings is 1. The van der Waals surface area contributed by atoms with Crippen LogP contribution in [0.15, 0.2) is 16.6 Å². The molecule has 1 atom stereocenters. The zero-order valence-electron chi connectivity index (χ0n) is 12.4. The highest BCUT2D eigenvalue weighted by Crippen LogP contribution is 2.39. The summed E-state index contributed by atoms with van der Waals surface area (Å²) in [4.78, 5) is 14.7. The van der Waals surface area contributed by atoms with E-state index in [4.69, 9.17) is 9.47 Å². The van der Waals surface area contributed by atoms with Crippen LogP contribution in [0.5, 0.6) is 11.5 Å². The lowest BCUT2D eigenvalue weighted by Gasteiger charge is -2.26. The maximum atomic E-state index is 12.8. The van der Waals surface area contributed by atoms with Gasteiger partial charge in [-0.1, -0.05) is 0 Å². The van der Waals surface area contributed by atoms with Crippen molar-refractivity contribution in [3.63, 3.8) is 0 Å². The van der Waals surface area contributed by atoms with Gasteiger partial charge < -0.3 is 19.7 Å². The summed E-state index contributed by atoms with van der Waals surface area (Å²) >= 11 is 3.47. The monoisotopic (exact) mass is 390 g/mol. The van der Waals surface area contributed by atoms with Crippen molar-refractivity contribution in [3.05, 3.63) is 22.2 Å². The summed E-state index contributed by atoms with van der Waals surface area (Å²) in [7, 11) is 1.92. The Kier molecular flexibility index (Phi) is 5.94. The van der Waals surface area contributed by atoms with Crippen LogP contribution in [0.3, 0.4) is 0 Å². The molecule has 7 heteroatoms. The zero-order chi connectivity index (χ0) is 14.8. The van der Waals surface area contributed by atoms with E-state index < -0.39 is 0 Å². The maximum absolute atomic E-state index is 12.8. The fourth-order valence-corrected chi connectivity index (χ4v) is 3.51. The van der Waals surface area contributed by atoms with Gasteiger partial charge in [0.15, 0.2) is 11.5 Å². The highest BCUT2D eigenvalue weighted by atomic mass is 79.9. The predicted molar refractivity (Wildman–Crippen MR) is 90.4 cm³/mol. The second-order valence-electron chi connectivity index (χ2n) is 5.33. The molecule has 0 spiro atoms. The first kappa shape index (κ1) is 17.4. The second-order valence-corrected chi connectivity index (χ2v) is 6.19. The average Bonchev–Trinajstić information content (AvgIpc) is 2.95. The third-order valence-electron chi connectivity index (χ3n) is 3.92. The molecule has 2 heterocycles. The minimum Gasteiger partial charge on any atom is -0.486 e. The van der Waals surface area contributed by atoms with Gasteiger partial charge in [0.05, 0.1) is 4.47 Å². The number of amides is 1. The number of nitrogens with zero attached hydrogens (tertiary/aromatic N) is 1. The van der Waals surface area contributed by atoms with Gasteiger partial charge in [-0.2, -0.15) is 0 Å². The van der Waals surface area contributed by atoms with Crippen LogP contribution in [0.2, 0.25) is 0 Å². The normalized spacial score (nSPS) is 19.7. The minimum absolute atomic E-state index is 0. The number of carbonyl (C=O) groups is 1. The summed E-state index contributed by atoms with van der Waals surface area (Å²) in [6.45, 7) is 2.70. The van der Waals surface area contributed by atoms with Gasteiger partial charge in [0, 0.05) is 24.7 Å². The number of fused-ring (bicyclic) bond motifs is 1. The molecule has 1 aromatic rings. The Hall–Kier alpha value is -0.980. The summed E-state index contributed by atoms with van der Waals surface area (Å²) in [5.74, 6) is 1.39. The van der Waals surface area contributed by atoms with Crippen LogP contribution in [0.1, 0.15) is 23.2 Å². The highest BCUT2D eigenvalue weighted by Gasteiger charge is 2.30. The van der Waals surface area contributed by atoms with E-state index in [0.717, 1.165) is 30.4 Å². The molecule has 1 unspecified atom stereocenters. The highest BCUT2D eigenvalue weighted by molar-refractivity contribution is 9.10. The molecule has 1 N–H and O–H groups in total. The Morgan fingerprint density at radius 1 is 1.41 bits per heavy atom. The van der Waals surface area contributed by atoms with Crippen molar-refractivity contribution in [1.29, 1.82) is 0 Å². The van der Waals surface area contributed by atoms with E-state index in [-0.39, 0.29) is 24.4 Å². The standard InChI is InChI=1S/C15H19BrN2O3.ClH/c1-17-9-11-3-2-4-18(11)15(19)10-7-12(16)14-13(8-10)20-5-6-21-14;/h7-8,11,17H,2-6,9H2,1H3;1H. The molecule has 0 bridgehead atoms. The van der Waals surface area contributed by atoms with Crippen molar-refractivity contribution < 1.29 is 14.3 Å². The molecule has 0 aromatic heterocycles. The molecule has 0 saturated carbocycles. The lowest BCUT2D eigenvalue weighted by Crippen LogP contribution is -2.40. The molecule has 2 aliphatic rings. The van der Waals surface area contributed by atoms with Crippen molar-refractivity contribution in [2.45, 2.75) is 18.9 Å². The molecular formula is C15H20BrClN2O3. The van der Waals surface area contributed by atoms with Gasteiger partial charge in [0.2, 0.25) is 0 Å². The maximum Gasteiger partial charge on any atom is 0.254 e. The van der Waals surface area contributed by atoms with Crippen LogP contribution in [0.4, 0.5) is 0 Å². The first-order valence-corrected chi connectivity index (χ1v) is 8.04. The van der Waals surface area contributed by atoms with E-state index >= 15 is 0 Å². The van der Waals surface area contributed by atoms with Gasteiger partial charge in [0.25, 0.3) is 5.91 Å². The van der Waals surface area contributed by atoms with Gasteiger partial charge >= 0.3 is 0 Å². The fourth-order valence-electron chi connectivity index (χ4n) is 2.95. The molecule has 1 saturated heterocycles. The summed E-state index contributed by atoms with van der Waals surface area (Å²) in [6.07, 6.45) is 2.11. The Morgan fingerprint density at radius 3 is 2.95 bits per heavy atom. The molecule has 0 radical (unpaired) electrons. The minimum atomic E-state index is 0. The van der Waals surface area contributed by atoms with Gasteiger partial charge in [-0.25, -0.2) is 0 Å². The lowest BCUT2D eigenvalue weighted by molar-refractivity contribution is 0.0735. The van der Waals surface area contributed by atoms with Crippen LogP contribution in [-0.2, 0) is 0 Å². The molecular weight excluding hydrogens is 372 g/mol.